The highest BCUT2D eigenvalue weighted by Gasteiger charge is 2.22. The third-order valence-electron chi connectivity index (χ3n) is 5.03. The van der Waals surface area contributed by atoms with Gasteiger partial charge in [-0.1, -0.05) is 71.9 Å². The lowest BCUT2D eigenvalue weighted by atomic mass is 9.78. The molecule has 3 nitrogen and oxygen atoms in total. The Morgan fingerprint density at radius 1 is 0.893 bits per heavy atom. The molecule has 0 fully saturated rings. The quantitative estimate of drug-likeness (QED) is 0.537. The molecule has 2 aromatic carbocycles. The normalized spacial score (nSPS) is 12.2. The van der Waals surface area contributed by atoms with Crippen LogP contribution in [0.3, 0.4) is 0 Å². The maximum absolute atomic E-state index is 6.12. The topological polar surface area (TPSA) is 27.1 Å². The number of hydrogen-bond acceptors (Lipinski definition) is 2. The maximum atomic E-state index is 6.12. The van der Waals surface area contributed by atoms with Crippen molar-refractivity contribution >= 4 is 0 Å². The Labute approximate surface area is 169 Å². The van der Waals surface area contributed by atoms with Crippen molar-refractivity contribution in [1.29, 1.82) is 0 Å². The Kier molecular flexibility index (Phi) is 5.64. The number of nitrogens with zero attached hydrogens (tertiary/aromatic N) is 2. The van der Waals surface area contributed by atoms with Gasteiger partial charge in [-0.3, -0.25) is 0 Å². The van der Waals surface area contributed by atoms with Crippen LogP contribution in [0.1, 0.15) is 63.8 Å². The van der Waals surface area contributed by atoms with Crippen molar-refractivity contribution < 1.29 is 4.74 Å². The Bertz CT molecular complexity index is 895. The van der Waals surface area contributed by atoms with Crippen molar-refractivity contribution in [2.24, 2.45) is 0 Å². The molecule has 0 aliphatic heterocycles. The average molecular weight is 377 g/mol. The van der Waals surface area contributed by atoms with E-state index in [2.05, 4.69) is 81.4 Å². The molecule has 28 heavy (non-hydrogen) atoms. The van der Waals surface area contributed by atoms with E-state index in [0.717, 1.165) is 12.3 Å². The van der Waals surface area contributed by atoms with E-state index in [1.807, 2.05) is 24.7 Å². The molecule has 1 aromatic heterocycles. The molecule has 0 unspecified atom stereocenters. The molecule has 0 aliphatic carbocycles. The van der Waals surface area contributed by atoms with Gasteiger partial charge in [-0.15, -0.1) is 0 Å². The van der Waals surface area contributed by atoms with E-state index >= 15 is 0 Å². The molecular formula is C25H32N2O. The molecule has 3 rings (SSSR count). The van der Waals surface area contributed by atoms with E-state index in [9.17, 15) is 0 Å². The van der Waals surface area contributed by atoms with E-state index in [-0.39, 0.29) is 10.8 Å². The third kappa shape index (κ3) is 5.03. The Morgan fingerprint density at radius 2 is 1.61 bits per heavy atom. The van der Waals surface area contributed by atoms with Crippen molar-refractivity contribution in [2.75, 3.05) is 0 Å². The first-order chi connectivity index (χ1) is 13.1. The zero-order valence-corrected chi connectivity index (χ0v) is 18.0. The van der Waals surface area contributed by atoms with Crippen LogP contribution in [0, 0.1) is 0 Å². The molecule has 0 aliphatic rings. The van der Waals surface area contributed by atoms with Crippen molar-refractivity contribution in [2.45, 2.75) is 65.5 Å². The number of aromatic nitrogens is 2. The summed E-state index contributed by atoms with van der Waals surface area (Å²) in [5, 5.41) is 0. The van der Waals surface area contributed by atoms with Crippen LogP contribution in [-0.4, -0.2) is 9.55 Å². The second kappa shape index (κ2) is 7.83. The van der Waals surface area contributed by atoms with Gasteiger partial charge in [0.2, 0.25) is 0 Å². The molecule has 148 valence electrons. The highest BCUT2D eigenvalue weighted by Crippen LogP contribution is 2.32. The van der Waals surface area contributed by atoms with E-state index in [1.54, 1.807) is 6.20 Å². The standard InChI is InChI=1S/C25H32N2O/c1-24(2,3)21-10-9-20(23(15-21)25(4,5)6)17-28-22-11-7-19(8-12-22)16-27-14-13-26-18-27/h7-15,18H,16-17H2,1-6H3. The second-order valence-corrected chi connectivity index (χ2v) is 9.54. The first kappa shape index (κ1) is 20.2. The first-order valence-corrected chi connectivity index (χ1v) is 9.94. The fourth-order valence-electron chi connectivity index (χ4n) is 3.31. The Hall–Kier alpha value is -2.55. The third-order valence-corrected chi connectivity index (χ3v) is 5.03. The monoisotopic (exact) mass is 376 g/mol. The lowest BCUT2D eigenvalue weighted by molar-refractivity contribution is 0.302. The first-order valence-electron chi connectivity index (χ1n) is 9.94. The van der Waals surface area contributed by atoms with Crippen LogP contribution in [-0.2, 0) is 24.0 Å². The predicted molar refractivity (Wildman–Crippen MR) is 116 cm³/mol. The minimum atomic E-state index is 0.0780. The molecular weight excluding hydrogens is 344 g/mol. The smallest absolute Gasteiger partial charge is 0.119 e. The van der Waals surface area contributed by atoms with Gasteiger partial charge in [0.15, 0.2) is 0 Å². The summed E-state index contributed by atoms with van der Waals surface area (Å²) in [6.07, 6.45) is 5.61. The second-order valence-electron chi connectivity index (χ2n) is 9.54. The summed E-state index contributed by atoms with van der Waals surface area (Å²) in [7, 11) is 0. The average Bonchev–Trinajstić information content (AvgIpc) is 3.12. The minimum Gasteiger partial charge on any atom is -0.489 e. The molecule has 0 atom stereocenters. The molecule has 0 amide bonds. The van der Waals surface area contributed by atoms with E-state index < -0.39 is 0 Å². The van der Waals surface area contributed by atoms with Crippen LogP contribution in [0.4, 0.5) is 0 Å². The van der Waals surface area contributed by atoms with Crippen LogP contribution in [0.5, 0.6) is 5.75 Å². The molecule has 0 saturated heterocycles. The van der Waals surface area contributed by atoms with E-state index in [0.29, 0.717) is 6.61 Å². The summed E-state index contributed by atoms with van der Waals surface area (Å²) < 4.78 is 8.18. The van der Waals surface area contributed by atoms with Crippen LogP contribution in [0.15, 0.2) is 61.2 Å². The Morgan fingerprint density at radius 3 is 2.18 bits per heavy atom. The summed E-state index contributed by atoms with van der Waals surface area (Å²) in [6.45, 7) is 15.0. The van der Waals surface area contributed by atoms with Crippen LogP contribution < -0.4 is 4.74 Å². The highest BCUT2D eigenvalue weighted by molar-refractivity contribution is 5.39. The van der Waals surface area contributed by atoms with Gasteiger partial charge < -0.3 is 9.30 Å². The summed E-state index contributed by atoms with van der Waals surface area (Å²) >= 11 is 0. The maximum Gasteiger partial charge on any atom is 0.119 e. The van der Waals surface area contributed by atoms with Crippen molar-refractivity contribution in [3.8, 4) is 5.75 Å². The largest absolute Gasteiger partial charge is 0.489 e. The molecule has 1 heterocycles. The number of benzene rings is 2. The van der Waals surface area contributed by atoms with Crippen molar-refractivity contribution in [3.63, 3.8) is 0 Å². The van der Waals surface area contributed by atoms with E-state index in [1.165, 1.54) is 22.3 Å². The SMILES string of the molecule is CC(C)(C)c1ccc(COc2ccc(Cn3ccnc3)cc2)c(C(C)(C)C)c1. The fourth-order valence-corrected chi connectivity index (χ4v) is 3.31. The van der Waals surface area contributed by atoms with Gasteiger partial charge in [-0.2, -0.15) is 0 Å². The summed E-state index contributed by atoms with van der Waals surface area (Å²) in [5.41, 5.74) is 5.43. The van der Waals surface area contributed by atoms with Crippen molar-refractivity contribution in [3.05, 3.63) is 83.4 Å². The molecule has 3 aromatic rings. The van der Waals surface area contributed by atoms with Crippen LogP contribution in [0.2, 0.25) is 0 Å². The lowest BCUT2D eigenvalue weighted by Crippen LogP contribution is -2.19. The fraction of sp³-hybridized carbons (Fsp3) is 0.400. The molecule has 0 radical (unpaired) electrons. The van der Waals surface area contributed by atoms with Crippen LogP contribution >= 0.6 is 0 Å². The molecule has 0 bridgehead atoms. The lowest BCUT2D eigenvalue weighted by Gasteiger charge is -2.27. The van der Waals surface area contributed by atoms with Gasteiger partial charge in [0.25, 0.3) is 0 Å². The predicted octanol–water partition coefficient (Wildman–Crippen LogP) is 6.11. The highest BCUT2D eigenvalue weighted by atomic mass is 16.5. The van der Waals surface area contributed by atoms with Gasteiger partial charge in [0.1, 0.15) is 12.4 Å². The molecule has 0 saturated carbocycles. The van der Waals surface area contributed by atoms with Crippen molar-refractivity contribution in [1.82, 2.24) is 9.55 Å². The van der Waals surface area contributed by atoms with Gasteiger partial charge in [0.05, 0.1) is 6.33 Å². The summed E-state index contributed by atoms with van der Waals surface area (Å²) in [6, 6.07) is 15.1. The molecule has 0 spiro atoms. The summed E-state index contributed by atoms with van der Waals surface area (Å²) in [4.78, 5) is 4.09. The number of hydrogen-bond donors (Lipinski definition) is 0. The molecule has 0 N–H and O–H groups in total. The van der Waals surface area contributed by atoms with Crippen LogP contribution in [0.25, 0.3) is 0 Å². The van der Waals surface area contributed by atoms with E-state index in [4.69, 9.17) is 4.74 Å². The minimum absolute atomic E-state index is 0.0780. The number of ether oxygens (including phenoxy) is 1. The zero-order valence-electron chi connectivity index (χ0n) is 18.0. The van der Waals surface area contributed by atoms with Gasteiger partial charge in [-0.05, 0) is 45.2 Å². The van der Waals surface area contributed by atoms with Gasteiger partial charge >= 0.3 is 0 Å². The number of imidazole rings is 1. The number of rotatable bonds is 5. The summed E-state index contributed by atoms with van der Waals surface area (Å²) in [5.74, 6) is 0.897. The zero-order chi connectivity index (χ0) is 20.4. The molecule has 3 heteroatoms. The van der Waals surface area contributed by atoms with Gasteiger partial charge in [0, 0.05) is 18.9 Å². The van der Waals surface area contributed by atoms with Gasteiger partial charge in [-0.25, -0.2) is 4.98 Å². The Balaban J connectivity index is 1.73.